The maximum absolute atomic E-state index is 12.7. The number of benzene rings is 2. The highest BCUT2D eigenvalue weighted by Crippen LogP contribution is 2.31. The summed E-state index contributed by atoms with van der Waals surface area (Å²) in [5.74, 6) is -0.422. The molecule has 0 aliphatic heterocycles. The number of hydrogen-bond donors (Lipinski definition) is 2. The molecule has 0 saturated carbocycles. The first-order valence-corrected chi connectivity index (χ1v) is 9.90. The third kappa shape index (κ3) is 3.75. The molecule has 2 amide bonds. The maximum atomic E-state index is 12.7. The Morgan fingerprint density at radius 3 is 2.70 bits per heavy atom. The lowest BCUT2D eigenvalue weighted by Crippen LogP contribution is -2.27. The van der Waals surface area contributed by atoms with Crippen LogP contribution in [-0.4, -0.2) is 11.8 Å². The van der Waals surface area contributed by atoms with Crippen molar-refractivity contribution in [2.45, 2.75) is 18.9 Å². The van der Waals surface area contributed by atoms with Crippen molar-refractivity contribution in [3.8, 4) is 0 Å². The standard InChI is InChI=1S/C21H17ClN2O2S/c22-16-9-7-14(12-18(16)24-21(26)19-6-3-11-27-19)20(25)23-17-10-8-13-4-1-2-5-15(13)17/h1-7,9,11-12,17H,8,10H2,(H,23,25)(H,24,26). The molecular formula is C21H17ClN2O2S. The molecule has 4 rings (SSSR count). The molecule has 0 radical (unpaired) electrons. The van der Waals surface area contributed by atoms with Gasteiger partial charge in [-0.2, -0.15) is 0 Å². The van der Waals surface area contributed by atoms with Gasteiger partial charge in [-0.15, -0.1) is 11.3 Å². The van der Waals surface area contributed by atoms with Crippen molar-refractivity contribution in [2.24, 2.45) is 0 Å². The molecule has 6 heteroatoms. The Hall–Kier alpha value is -2.63. The summed E-state index contributed by atoms with van der Waals surface area (Å²) in [7, 11) is 0. The van der Waals surface area contributed by atoms with Gasteiger partial charge in [0.05, 0.1) is 21.6 Å². The topological polar surface area (TPSA) is 58.2 Å². The fourth-order valence-electron chi connectivity index (χ4n) is 3.30. The number of carbonyl (C=O) groups is 2. The highest BCUT2D eigenvalue weighted by molar-refractivity contribution is 7.12. The Bertz CT molecular complexity index is 1000. The smallest absolute Gasteiger partial charge is 0.265 e. The largest absolute Gasteiger partial charge is 0.345 e. The zero-order valence-electron chi connectivity index (χ0n) is 14.4. The number of rotatable bonds is 4. The van der Waals surface area contributed by atoms with E-state index >= 15 is 0 Å². The van der Waals surface area contributed by atoms with Crippen molar-refractivity contribution in [1.82, 2.24) is 5.32 Å². The van der Waals surface area contributed by atoms with Crippen molar-refractivity contribution >= 4 is 40.4 Å². The van der Waals surface area contributed by atoms with E-state index in [4.69, 9.17) is 11.6 Å². The summed E-state index contributed by atoms with van der Waals surface area (Å²) in [6.07, 6.45) is 1.85. The van der Waals surface area contributed by atoms with Crippen LogP contribution < -0.4 is 10.6 Å². The third-order valence-corrected chi connectivity index (χ3v) is 5.86. The molecule has 1 aliphatic carbocycles. The van der Waals surface area contributed by atoms with E-state index in [0.717, 1.165) is 12.8 Å². The van der Waals surface area contributed by atoms with Crippen LogP contribution in [0, 0.1) is 0 Å². The van der Waals surface area contributed by atoms with Gasteiger partial charge in [-0.25, -0.2) is 0 Å². The zero-order valence-corrected chi connectivity index (χ0v) is 15.9. The Labute approximate surface area is 166 Å². The van der Waals surface area contributed by atoms with E-state index in [1.54, 1.807) is 24.3 Å². The molecule has 1 heterocycles. The van der Waals surface area contributed by atoms with Crippen LogP contribution in [0.5, 0.6) is 0 Å². The predicted molar refractivity (Wildman–Crippen MR) is 109 cm³/mol. The van der Waals surface area contributed by atoms with Crippen LogP contribution in [-0.2, 0) is 6.42 Å². The van der Waals surface area contributed by atoms with Gasteiger partial charge in [0.2, 0.25) is 0 Å². The summed E-state index contributed by atoms with van der Waals surface area (Å²) >= 11 is 7.55. The fraction of sp³-hybridized carbons (Fsp3) is 0.143. The third-order valence-electron chi connectivity index (χ3n) is 4.66. The number of nitrogens with one attached hydrogen (secondary N) is 2. The number of halogens is 1. The van der Waals surface area contributed by atoms with Crippen LogP contribution in [0.3, 0.4) is 0 Å². The van der Waals surface area contributed by atoms with Crippen molar-refractivity contribution in [3.63, 3.8) is 0 Å². The first-order chi connectivity index (χ1) is 13.1. The minimum absolute atomic E-state index is 0.00791. The summed E-state index contributed by atoms with van der Waals surface area (Å²) in [5, 5.41) is 8.09. The van der Waals surface area contributed by atoms with Crippen LogP contribution >= 0.6 is 22.9 Å². The first-order valence-electron chi connectivity index (χ1n) is 8.65. The van der Waals surface area contributed by atoms with Gasteiger partial charge in [-0.3, -0.25) is 9.59 Å². The Morgan fingerprint density at radius 2 is 1.89 bits per heavy atom. The lowest BCUT2D eigenvalue weighted by Gasteiger charge is -2.15. The summed E-state index contributed by atoms with van der Waals surface area (Å²) in [6.45, 7) is 0. The molecule has 1 atom stereocenters. The van der Waals surface area contributed by atoms with Gasteiger partial charge in [0.25, 0.3) is 11.8 Å². The average Bonchev–Trinajstić information content (AvgIpc) is 3.34. The lowest BCUT2D eigenvalue weighted by molar-refractivity contribution is 0.0935. The number of aryl methyl sites for hydroxylation is 1. The van der Waals surface area contributed by atoms with Gasteiger partial charge >= 0.3 is 0 Å². The highest BCUT2D eigenvalue weighted by Gasteiger charge is 2.24. The van der Waals surface area contributed by atoms with Crippen LogP contribution in [0.15, 0.2) is 60.0 Å². The van der Waals surface area contributed by atoms with Gasteiger partial charge in [0.15, 0.2) is 0 Å². The normalized spacial score (nSPS) is 15.2. The number of amides is 2. The van der Waals surface area contributed by atoms with Gasteiger partial charge < -0.3 is 10.6 Å². The number of thiophene rings is 1. The monoisotopic (exact) mass is 396 g/mol. The number of hydrogen-bond acceptors (Lipinski definition) is 3. The van der Waals surface area contributed by atoms with Crippen molar-refractivity contribution in [3.05, 3.63) is 86.6 Å². The summed E-state index contributed by atoms with van der Waals surface area (Å²) in [5.41, 5.74) is 3.34. The van der Waals surface area contributed by atoms with Crippen LogP contribution in [0.2, 0.25) is 5.02 Å². The molecule has 0 bridgehead atoms. The summed E-state index contributed by atoms with van der Waals surface area (Å²) < 4.78 is 0. The van der Waals surface area contributed by atoms with Gasteiger partial charge in [-0.05, 0) is 53.6 Å². The van der Waals surface area contributed by atoms with E-state index < -0.39 is 0 Å². The molecule has 0 saturated heterocycles. The summed E-state index contributed by atoms with van der Waals surface area (Å²) in [6, 6.07) is 16.6. The van der Waals surface area contributed by atoms with Gasteiger partial charge in [-0.1, -0.05) is 41.9 Å². The quantitative estimate of drug-likeness (QED) is 0.646. The SMILES string of the molecule is O=C(NC1CCc2ccccc21)c1ccc(Cl)c(NC(=O)c2cccs2)c1. The molecule has 1 unspecified atom stereocenters. The van der Waals surface area contributed by atoms with E-state index in [1.807, 2.05) is 23.6 Å². The molecule has 0 spiro atoms. The molecule has 1 aromatic heterocycles. The highest BCUT2D eigenvalue weighted by atomic mass is 35.5. The molecule has 3 aromatic rings. The van der Waals surface area contributed by atoms with Gasteiger partial charge in [0.1, 0.15) is 0 Å². The van der Waals surface area contributed by atoms with Crippen LogP contribution in [0.1, 0.15) is 43.6 Å². The molecule has 2 N–H and O–H groups in total. The maximum Gasteiger partial charge on any atom is 0.265 e. The molecule has 1 aliphatic rings. The van der Waals surface area contributed by atoms with Crippen molar-refractivity contribution in [2.75, 3.05) is 5.32 Å². The number of anilines is 1. The Balaban J connectivity index is 1.51. The van der Waals surface area contributed by atoms with E-state index in [2.05, 4.69) is 22.8 Å². The molecule has 27 heavy (non-hydrogen) atoms. The second-order valence-electron chi connectivity index (χ2n) is 6.39. The Kier molecular flexibility index (Phi) is 4.97. The molecule has 2 aromatic carbocycles. The van der Waals surface area contributed by atoms with E-state index in [1.165, 1.54) is 22.5 Å². The minimum atomic E-state index is -0.242. The second kappa shape index (κ2) is 7.55. The van der Waals surface area contributed by atoms with E-state index in [-0.39, 0.29) is 17.9 Å². The second-order valence-corrected chi connectivity index (χ2v) is 7.74. The van der Waals surface area contributed by atoms with E-state index in [9.17, 15) is 9.59 Å². The fourth-order valence-corrected chi connectivity index (χ4v) is 4.09. The zero-order chi connectivity index (χ0) is 18.8. The Morgan fingerprint density at radius 1 is 1.04 bits per heavy atom. The molecular weight excluding hydrogens is 380 g/mol. The van der Waals surface area contributed by atoms with Crippen molar-refractivity contribution < 1.29 is 9.59 Å². The van der Waals surface area contributed by atoms with Crippen molar-refractivity contribution in [1.29, 1.82) is 0 Å². The molecule has 4 nitrogen and oxygen atoms in total. The minimum Gasteiger partial charge on any atom is -0.345 e. The number of carbonyl (C=O) groups excluding carboxylic acids is 2. The van der Waals surface area contributed by atoms with Gasteiger partial charge in [0, 0.05) is 5.56 Å². The predicted octanol–water partition coefficient (Wildman–Crippen LogP) is 5.07. The number of fused-ring (bicyclic) bond motifs is 1. The van der Waals surface area contributed by atoms with Crippen LogP contribution in [0.4, 0.5) is 5.69 Å². The van der Waals surface area contributed by atoms with E-state index in [0.29, 0.717) is 21.2 Å². The summed E-state index contributed by atoms with van der Waals surface area (Å²) in [4.78, 5) is 25.6. The first kappa shape index (κ1) is 17.8. The van der Waals surface area contributed by atoms with Crippen LogP contribution in [0.25, 0.3) is 0 Å². The average molecular weight is 397 g/mol. The molecule has 136 valence electrons. The molecule has 0 fully saturated rings. The lowest BCUT2D eigenvalue weighted by atomic mass is 10.1.